The van der Waals surface area contributed by atoms with Gasteiger partial charge in [0.1, 0.15) is 41.2 Å². The van der Waals surface area contributed by atoms with E-state index >= 15 is 0 Å². The molecule has 1 aromatic heterocycles. The molecule has 462 valence electrons. The second kappa shape index (κ2) is 30.4. The summed E-state index contributed by atoms with van der Waals surface area (Å²) in [5, 5.41) is 39.4. The van der Waals surface area contributed by atoms with Crippen molar-refractivity contribution < 1.29 is 61.8 Å². The largest absolute Gasteiger partial charge is 0.497 e. The van der Waals surface area contributed by atoms with Gasteiger partial charge in [-0.2, -0.15) is 4.98 Å². The van der Waals surface area contributed by atoms with Crippen molar-refractivity contribution in [1.29, 1.82) is 0 Å². The third kappa shape index (κ3) is 16.4. The number of alkyl carbamates (subject to hydrolysis) is 1. The Kier molecular flexibility index (Phi) is 22.4. The Morgan fingerprint density at radius 3 is 1.53 bits per heavy atom. The van der Waals surface area contributed by atoms with E-state index in [9.17, 15) is 44.7 Å². The smallest absolute Gasteiger partial charge is 0.412 e. The van der Waals surface area contributed by atoms with Crippen LogP contribution in [0.5, 0.6) is 11.5 Å². The van der Waals surface area contributed by atoms with E-state index in [2.05, 4.69) is 15.6 Å². The van der Waals surface area contributed by atoms with Gasteiger partial charge < -0.3 is 42.8 Å². The van der Waals surface area contributed by atoms with E-state index in [1.165, 1.54) is 48.7 Å². The molecule has 0 bridgehead atoms. The van der Waals surface area contributed by atoms with Gasteiger partial charge in [0, 0.05) is 67.5 Å². The summed E-state index contributed by atoms with van der Waals surface area (Å²) < 4.78 is 54.0. The van der Waals surface area contributed by atoms with E-state index in [-0.39, 0.29) is 74.2 Å². The van der Waals surface area contributed by atoms with Gasteiger partial charge in [-0.3, -0.25) is 40.2 Å². The Balaban J connectivity index is 1.19. The predicted octanol–water partition coefficient (Wildman–Crippen LogP) is 11.0. The Morgan fingerprint density at radius 2 is 1.09 bits per heavy atom. The maximum atomic E-state index is 14.5. The Morgan fingerprint density at radius 1 is 0.636 bits per heavy atom. The molecule has 7 aromatic rings. The number of nitrogens with zero attached hydrogens (tertiary/aromatic N) is 6. The second-order valence-electron chi connectivity index (χ2n) is 20.7. The molecular weight excluding hydrogens is 1160 g/mol. The van der Waals surface area contributed by atoms with Gasteiger partial charge in [-0.25, -0.2) is 19.1 Å². The summed E-state index contributed by atoms with van der Waals surface area (Å²) in [6.07, 6.45) is -3.73. The number of carbonyl (C=O) groups excluding carboxylic acids is 2. The van der Waals surface area contributed by atoms with Crippen molar-refractivity contribution >= 4 is 43.6 Å². The van der Waals surface area contributed by atoms with Gasteiger partial charge >= 0.3 is 17.9 Å². The summed E-state index contributed by atoms with van der Waals surface area (Å²) in [5.41, 5.74) is 1.52. The lowest BCUT2D eigenvalue weighted by molar-refractivity contribution is -0.385. The maximum absolute atomic E-state index is 14.5. The molecule has 88 heavy (non-hydrogen) atoms. The van der Waals surface area contributed by atoms with Crippen molar-refractivity contribution in [1.82, 2.24) is 19.5 Å². The van der Waals surface area contributed by atoms with Crippen molar-refractivity contribution in [2.75, 3.05) is 46.0 Å². The van der Waals surface area contributed by atoms with Crippen molar-refractivity contribution in [3.8, 4) is 11.5 Å². The van der Waals surface area contributed by atoms with Gasteiger partial charge in [-0.1, -0.05) is 91.0 Å². The van der Waals surface area contributed by atoms with Gasteiger partial charge in [0.25, 0.3) is 25.6 Å². The predicted molar refractivity (Wildman–Crippen MR) is 324 cm³/mol. The van der Waals surface area contributed by atoms with Crippen LogP contribution < -0.4 is 25.8 Å². The summed E-state index contributed by atoms with van der Waals surface area (Å²) in [6.45, 7) is 7.36. The van der Waals surface area contributed by atoms with E-state index in [0.717, 1.165) is 10.1 Å². The van der Waals surface area contributed by atoms with Gasteiger partial charge in [0.2, 0.25) is 0 Å². The molecule has 25 nitrogen and oxygen atoms in total. The van der Waals surface area contributed by atoms with Gasteiger partial charge in [-0.05, 0) is 97.8 Å². The van der Waals surface area contributed by atoms with Crippen molar-refractivity contribution in [2.45, 2.75) is 89.1 Å². The summed E-state index contributed by atoms with van der Waals surface area (Å²) in [5.74, 6) is 0.981. The third-order valence-corrected chi connectivity index (χ3v) is 16.5. The van der Waals surface area contributed by atoms with Crippen molar-refractivity contribution in [3.05, 3.63) is 238 Å². The molecule has 1 unspecified atom stereocenters. The number of benzene rings is 6. The van der Waals surface area contributed by atoms with Crippen LogP contribution in [0.1, 0.15) is 67.3 Å². The molecule has 2 heterocycles. The van der Waals surface area contributed by atoms with Crippen LogP contribution >= 0.6 is 8.53 Å². The Bertz CT molecular complexity index is 3470. The zero-order chi connectivity index (χ0) is 62.9. The number of methoxy groups -OCH3 is 2. The molecule has 26 heteroatoms. The number of nitrogens with one attached hydrogen (secondary N) is 2. The van der Waals surface area contributed by atoms with E-state index in [1.54, 1.807) is 50.6 Å². The zero-order valence-corrected chi connectivity index (χ0v) is 50.0. The number of aromatic nitrogens is 2. The Hall–Kier alpha value is -9.23. The van der Waals surface area contributed by atoms with Crippen LogP contribution in [0, 0.1) is 30.3 Å². The number of hydrogen-bond acceptors (Lipinski definition) is 19. The first-order valence-electron chi connectivity index (χ1n) is 28.1. The monoisotopic (exact) mass is 1230 g/mol. The topological polar surface area (TPSA) is 300 Å². The number of anilines is 1. The zero-order valence-electron chi connectivity index (χ0n) is 49.1. The SMILES string of the molecule is COc1ccc(C(OC[C@H]2O[C@@H](n3ccc(NC(=O)OCCc4ccc([N+](=O)[O-])cc4)nc3=O)[C@H](NC(=O)OCCc3ccc([N+](=O)[O-])cc3)[C@@H]2OP(OCCc2ccc([N+](=O)[O-])cc2)N(C(C)C)C(C)C)(c2ccccc2)c2ccc(OC)cc2)cc1. The molecule has 2 N–H and O–H groups in total. The number of non-ortho nitro benzene ring substituents is 3. The summed E-state index contributed by atoms with van der Waals surface area (Å²) >= 11 is 0. The summed E-state index contributed by atoms with van der Waals surface area (Å²) in [7, 11) is 0.987. The highest BCUT2D eigenvalue weighted by molar-refractivity contribution is 7.44. The summed E-state index contributed by atoms with van der Waals surface area (Å²) in [6, 6.07) is 41.6. The minimum atomic E-state index is -2.14. The summed E-state index contributed by atoms with van der Waals surface area (Å²) in [4.78, 5) is 78.7. The van der Waals surface area contributed by atoms with Crippen LogP contribution in [-0.2, 0) is 52.9 Å². The number of hydrogen-bond donors (Lipinski definition) is 2. The lowest BCUT2D eigenvalue weighted by atomic mass is 9.80. The molecule has 1 fully saturated rings. The molecule has 0 spiro atoms. The molecule has 5 atom stereocenters. The number of ether oxygens (including phenoxy) is 6. The average molecular weight is 1230 g/mol. The van der Waals surface area contributed by atoms with Crippen LogP contribution in [0.3, 0.4) is 0 Å². The maximum Gasteiger partial charge on any atom is 0.412 e. The number of nitro groups is 3. The second-order valence-corrected chi connectivity index (χ2v) is 22.1. The van der Waals surface area contributed by atoms with Crippen LogP contribution in [0.15, 0.2) is 169 Å². The standard InChI is InChI=1S/C62H67N8O17P/c1-41(2)67(42(3)4)88(85-39-35-45-16-26-51(27-17-45)70(78)79)87-57-54(40-84-62(46-10-8-7-9-11-46,47-18-28-52(80-5)29-19-47)48-20-30-53(81-6)31-21-48)86-58(56(57)65-61(73)83-38-34-44-14-24-50(25-15-44)69(76)77)66-36-32-55(63-59(66)71)64-60(72)82-37-33-43-12-22-49(23-13-43)68(74)75/h7-32,36,41-42,54,56-58H,33-35,37-40H2,1-6H3,(H,65,73)(H,63,64,71,72)/t54-,56-,57-,58-,88?/m1/s1. The fourth-order valence-electron chi connectivity index (χ4n) is 10.0. The highest BCUT2D eigenvalue weighted by Crippen LogP contribution is 2.51. The van der Waals surface area contributed by atoms with Crippen LogP contribution in [0.4, 0.5) is 32.5 Å². The normalized spacial score (nSPS) is 16.0. The number of amides is 2. The average Bonchev–Trinajstić information content (AvgIpc) is 1.52. The van der Waals surface area contributed by atoms with E-state index in [1.807, 2.05) is 111 Å². The fraction of sp³-hybridized carbons (Fsp3) is 0.323. The van der Waals surface area contributed by atoms with Gasteiger partial charge in [0.15, 0.2) is 6.23 Å². The molecular formula is C62H67N8O17P. The molecule has 0 aliphatic carbocycles. The molecule has 0 saturated carbocycles. The van der Waals surface area contributed by atoms with Crippen LogP contribution in [-0.4, -0.2) is 112 Å². The highest BCUT2D eigenvalue weighted by atomic mass is 31.2. The first-order valence-corrected chi connectivity index (χ1v) is 29.2. The fourth-order valence-corrected chi connectivity index (χ4v) is 11.8. The van der Waals surface area contributed by atoms with E-state index in [4.69, 9.17) is 37.5 Å². The molecule has 0 radical (unpaired) electrons. The lowest BCUT2D eigenvalue weighted by Crippen LogP contribution is -2.50. The molecule has 8 rings (SSSR count). The number of carbonyl (C=O) groups is 2. The van der Waals surface area contributed by atoms with Crippen LogP contribution in [0.2, 0.25) is 0 Å². The molecule has 6 aromatic carbocycles. The van der Waals surface area contributed by atoms with E-state index < -0.39 is 71.3 Å². The Labute approximate surface area is 507 Å². The molecule has 2 amide bonds. The third-order valence-electron chi connectivity index (χ3n) is 14.3. The van der Waals surface area contributed by atoms with Crippen molar-refractivity contribution in [3.63, 3.8) is 0 Å². The number of rotatable bonds is 29. The van der Waals surface area contributed by atoms with Crippen molar-refractivity contribution in [2.24, 2.45) is 0 Å². The minimum absolute atomic E-state index is 0.0692. The van der Waals surface area contributed by atoms with Gasteiger partial charge in [-0.15, -0.1) is 0 Å². The molecule has 1 saturated heterocycles. The number of nitro benzene ring substituents is 3. The van der Waals surface area contributed by atoms with E-state index in [0.29, 0.717) is 45.7 Å². The first kappa shape index (κ1) is 64.8. The first-order chi connectivity index (χ1) is 42.4. The quantitative estimate of drug-likeness (QED) is 0.0190. The molecule has 1 aliphatic rings. The lowest BCUT2D eigenvalue weighted by Gasteiger charge is -2.39. The van der Waals surface area contributed by atoms with Crippen LogP contribution in [0.25, 0.3) is 0 Å². The van der Waals surface area contributed by atoms with Gasteiger partial charge in [0.05, 0.1) is 55.4 Å². The molecule has 1 aliphatic heterocycles. The minimum Gasteiger partial charge on any atom is -0.497 e. The highest BCUT2D eigenvalue weighted by Gasteiger charge is 2.52.